The lowest BCUT2D eigenvalue weighted by Gasteiger charge is -2.22. The third-order valence-electron chi connectivity index (χ3n) is 4.53. The van der Waals surface area contributed by atoms with Crippen molar-refractivity contribution in [1.29, 1.82) is 0 Å². The average Bonchev–Trinajstić information content (AvgIpc) is 2.59. The minimum absolute atomic E-state index is 0.927. The molecule has 1 heterocycles. The molecule has 4 aromatic rings. The van der Waals surface area contributed by atoms with Gasteiger partial charge in [0.25, 0.3) is 0 Å². The molecule has 0 spiro atoms. The normalized spacial score (nSPS) is 12.7. The van der Waals surface area contributed by atoms with Crippen LogP contribution in [0.15, 0.2) is 72.8 Å². The Bertz CT molecular complexity index is 1030. The molecule has 0 N–H and O–H groups in total. The van der Waals surface area contributed by atoms with Crippen LogP contribution in [0.2, 0.25) is 0 Å². The van der Waals surface area contributed by atoms with Crippen LogP contribution in [-0.2, 0) is 6.42 Å². The Labute approximate surface area is 128 Å². The lowest BCUT2D eigenvalue weighted by molar-refractivity contribution is 0.461. The van der Waals surface area contributed by atoms with E-state index in [2.05, 4.69) is 60.7 Å². The summed E-state index contributed by atoms with van der Waals surface area (Å²) < 4.78 is 6.13. The first-order valence-electron chi connectivity index (χ1n) is 7.59. The van der Waals surface area contributed by atoms with Gasteiger partial charge in [-0.3, -0.25) is 0 Å². The first-order chi connectivity index (χ1) is 10.9. The zero-order chi connectivity index (χ0) is 14.5. The van der Waals surface area contributed by atoms with E-state index < -0.39 is 0 Å². The largest absolute Gasteiger partial charge is 0.457 e. The van der Waals surface area contributed by atoms with E-state index in [-0.39, 0.29) is 0 Å². The third kappa shape index (κ3) is 1.59. The van der Waals surface area contributed by atoms with E-state index >= 15 is 0 Å². The number of fused-ring (bicyclic) bond motifs is 6. The summed E-state index contributed by atoms with van der Waals surface area (Å²) in [5, 5.41) is 5.19. The molecule has 0 amide bonds. The quantitative estimate of drug-likeness (QED) is 0.331. The second kappa shape index (κ2) is 4.35. The van der Waals surface area contributed by atoms with Crippen LogP contribution in [0.3, 0.4) is 0 Å². The number of hydrogen-bond acceptors (Lipinski definition) is 1. The van der Waals surface area contributed by atoms with Gasteiger partial charge in [0, 0.05) is 12.0 Å². The molecule has 0 atom stereocenters. The van der Waals surface area contributed by atoms with Crippen molar-refractivity contribution >= 4 is 21.5 Å². The number of para-hydroxylation sites is 1. The molecule has 1 heteroatoms. The summed E-state index contributed by atoms with van der Waals surface area (Å²) >= 11 is 0. The second-order valence-corrected chi connectivity index (χ2v) is 5.81. The maximum atomic E-state index is 6.13. The smallest absolute Gasteiger partial charge is 0.131 e. The van der Waals surface area contributed by atoms with Gasteiger partial charge < -0.3 is 4.74 Å². The fraction of sp³-hybridized carbons (Fsp3) is 0.0476. The summed E-state index contributed by atoms with van der Waals surface area (Å²) in [4.78, 5) is 0. The highest BCUT2D eigenvalue weighted by Gasteiger charge is 2.19. The third-order valence-corrected chi connectivity index (χ3v) is 4.53. The molecule has 0 bridgehead atoms. The van der Waals surface area contributed by atoms with Crippen LogP contribution < -0.4 is 4.74 Å². The topological polar surface area (TPSA) is 9.23 Å². The molecule has 0 saturated carbocycles. The molecule has 0 unspecified atom stereocenters. The van der Waals surface area contributed by atoms with Crippen LogP contribution in [0.5, 0.6) is 11.5 Å². The Morgan fingerprint density at radius 1 is 0.636 bits per heavy atom. The molecular weight excluding hydrogens is 268 g/mol. The number of rotatable bonds is 0. The van der Waals surface area contributed by atoms with Crippen molar-refractivity contribution in [1.82, 2.24) is 0 Å². The molecular formula is C21H14O. The summed E-state index contributed by atoms with van der Waals surface area (Å²) in [6, 6.07) is 25.6. The van der Waals surface area contributed by atoms with E-state index in [1.807, 2.05) is 12.1 Å². The summed E-state index contributed by atoms with van der Waals surface area (Å²) in [7, 11) is 0. The number of benzene rings is 4. The Morgan fingerprint density at radius 3 is 2.41 bits per heavy atom. The highest BCUT2D eigenvalue weighted by Crippen LogP contribution is 2.41. The summed E-state index contributed by atoms with van der Waals surface area (Å²) in [6.45, 7) is 0. The summed E-state index contributed by atoms with van der Waals surface area (Å²) in [5.41, 5.74) is 2.56. The van der Waals surface area contributed by atoms with Crippen molar-refractivity contribution in [3.8, 4) is 11.5 Å². The van der Waals surface area contributed by atoms with Gasteiger partial charge in [0.2, 0.25) is 0 Å². The van der Waals surface area contributed by atoms with Gasteiger partial charge >= 0.3 is 0 Å². The SMILES string of the molecule is c1ccc2c(c1)Cc1c(ccc3ccc4ccccc4c13)O2. The molecule has 5 rings (SSSR count). The standard InChI is InChI=1S/C21H14O/c1-3-7-17-14(5-1)9-10-15-11-12-20-18(21(15)17)13-16-6-2-4-8-19(16)22-20/h1-12H,13H2. The lowest BCUT2D eigenvalue weighted by Crippen LogP contribution is -2.03. The van der Waals surface area contributed by atoms with E-state index in [1.165, 1.54) is 32.7 Å². The first-order valence-corrected chi connectivity index (χ1v) is 7.59. The van der Waals surface area contributed by atoms with Crippen molar-refractivity contribution in [2.75, 3.05) is 0 Å². The van der Waals surface area contributed by atoms with Gasteiger partial charge in [0.15, 0.2) is 0 Å². The molecule has 4 aromatic carbocycles. The van der Waals surface area contributed by atoms with Crippen LogP contribution in [-0.4, -0.2) is 0 Å². The van der Waals surface area contributed by atoms with Gasteiger partial charge in [-0.25, -0.2) is 0 Å². The van der Waals surface area contributed by atoms with Gasteiger partial charge in [-0.15, -0.1) is 0 Å². The summed E-state index contributed by atoms with van der Waals surface area (Å²) in [6.07, 6.45) is 0.927. The fourth-order valence-electron chi connectivity index (χ4n) is 3.48. The van der Waals surface area contributed by atoms with Crippen LogP contribution in [0.4, 0.5) is 0 Å². The van der Waals surface area contributed by atoms with Crippen molar-refractivity contribution < 1.29 is 4.74 Å². The van der Waals surface area contributed by atoms with E-state index in [0.717, 1.165) is 17.9 Å². The van der Waals surface area contributed by atoms with Gasteiger partial charge in [-0.1, -0.05) is 60.7 Å². The van der Waals surface area contributed by atoms with Crippen molar-refractivity contribution in [3.05, 3.63) is 83.9 Å². The van der Waals surface area contributed by atoms with Gasteiger partial charge in [-0.05, 0) is 39.2 Å². The Balaban J connectivity index is 1.88. The van der Waals surface area contributed by atoms with E-state index in [1.54, 1.807) is 0 Å². The minimum atomic E-state index is 0.927. The molecule has 0 aromatic heterocycles. The fourth-order valence-corrected chi connectivity index (χ4v) is 3.48. The maximum Gasteiger partial charge on any atom is 0.131 e. The van der Waals surface area contributed by atoms with E-state index in [4.69, 9.17) is 4.74 Å². The predicted molar refractivity (Wildman–Crippen MR) is 90.8 cm³/mol. The molecule has 1 nitrogen and oxygen atoms in total. The van der Waals surface area contributed by atoms with Gasteiger partial charge in [0.1, 0.15) is 11.5 Å². The molecule has 1 aliphatic heterocycles. The van der Waals surface area contributed by atoms with Crippen LogP contribution in [0.1, 0.15) is 11.1 Å². The second-order valence-electron chi connectivity index (χ2n) is 5.81. The summed E-state index contributed by atoms with van der Waals surface area (Å²) in [5.74, 6) is 1.97. The Kier molecular flexibility index (Phi) is 2.33. The highest BCUT2D eigenvalue weighted by atomic mass is 16.5. The van der Waals surface area contributed by atoms with E-state index in [0.29, 0.717) is 0 Å². The molecule has 0 saturated heterocycles. The highest BCUT2D eigenvalue weighted by molar-refractivity contribution is 6.10. The molecule has 0 fully saturated rings. The first kappa shape index (κ1) is 11.8. The zero-order valence-electron chi connectivity index (χ0n) is 12.0. The van der Waals surface area contributed by atoms with Crippen LogP contribution >= 0.6 is 0 Å². The predicted octanol–water partition coefficient (Wildman–Crippen LogP) is 5.69. The number of ether oxygens (including phenoxy) is 1. The zero-order valence-corrected chi connectivity index (χ0v) is 12.0. The van der Waals surface area contributed by atoms with Gasteiger partial charge in [-0.2, -0.15) is 0 Å². The average molecular weight is 282 g/mol. The van der Waals surface area contributed by atoms with Crippen molar-refractivity contribution in [2.45, 2.75) is 6.42 Å². The van der Waals surface area contributed by atoms with E-state index in [9.17, 15) is 0 Å². The van der Waals surface area contributed by atoms with Crippen molar-refractivity contribution in [2.24, 2.45) is 0 Å². The van der Waals surface area contributed by atoms with Crippen molar-refractivity contribution in [3.63, 3.8) is 0 Å². The molecule has 0 radical (unpaired) electrons. The Morgan fingerprint density at radius 2 is 1.41 bits per heavy atom. The molecule has 22 heavy (non-hydrogen) atoms. The Hall–Kier alpha value is -2.80. The maximum absolute atomic E-state index is 6.13. The lowest BCUT2D eigenvalue weighted by atomic mass is 9.92. The monoisotopic (exact) mass is 282 g/mol. The van der Waals surface area contributed by atoms with Crippen LogP contribution in [0.25, 0.3) is 21.5 Å². The van der Waals surface area contributed by atoms with Gasteiger partial charge in [0.05, 0.1) is 0 Å². The molecule has 0 aliphatic carbocycles. The molecule has 104 valence electrons. The molecule has 1 aliphatic rings. The number of hydrogen-bond donors (Lipinski definition) is 0. The van der Waals surface area contributed by atoms with Crippen LogP contribution in [0, 0.1) is 0 Å². The minimum Gasteiger partial charge on any atom is -0.457 e.